The van der Waals surface area contributed by atoms with Crippen LogP contribution in [0.15, 0.2) is 39.8 Å². The second-order valence-corrected chi connectivity index (χ2v) is 6.53. The summed E-state index contributed by atoms with van der Waals surface area (Å²) in [4.78, 5) is 4.24. The van der Waals surface area contributed by atoms with Crippen molar-refractivity contribution in [2.24, 2.45) is 4.99 Å². The van der Waals surface area contributed by atoms with Crippen LogP contribution in [-0.2, 0) is 13.0 Å². The molecule has 1 aromatic carbocycles. The minimum atomic E-state index is 0.371. The van der Waals surface area contributed by atoms with Crippen molar-refractivity contribution in [1.29, 1.82) is 0 Å². The van der Waals surface area contributed by atoms with Gasteiger partial charge in [-0.05, 0) is 42.9 Å². The van der Waals surface area contributed by atoms with E-state index in [1.165, 1.54) is 5.56 Å². The fourth-order valence-electron chi connectivity index (χ4n) is 2.53. The molecule has 0 saturated carbocycles. The van der Waals surface area contributed by atoms with Crippen LogP contribution >= 0.6 is 0 Å². The SMILES string of the molecule is CN=C(NCCCCc1ccc(OC)cc1)NCc1cc(C(C)C)no1. The molecule has 0 amide bonds. The molecule has 0 radical (unpaired) electrons. The molecule has 1 aromatic heterocycles. The maximum Gasteiger partial charge on any atom is 0.191 e. The van der Waals surface area contributed by atoms with Crippen LogP contribution in [0.25, 0.3) is 0 Å². The molecule has 0 fully saturated rings. The highest BCUT2D eigenvalue weighted by molar-refractivity contribution is 5.79. The predicted molar refractivity (Wildman–Crippen MR) is 105 cm³/mol. The van der Waals surface area contributed by atoms with Crippen molar-refractivity contribution in [2.45, 2.75) is 45.6 Å². The van der Waals surface area contributed by atoms with Gasteiger partial charge >= 0.3 is 0 Å². The summed E-state index contributed by atoms with van der Waals surface area (Å²) in [5.41, 5.74) is 2.31. The van der Waals surface area contributed by atoms with Gasteiger partial charge in [-0.25, -0.2) is 0 Å². The Labute approximate surface area is 156 Å². The first-order valence-electron chi connectivity index (χ1n) is 9.15. The summed E-state index contributed by atoms with van der Waals surface area (Å²) in [5, 5.41) is 10.6. The molecule has 1 heterocycles. The number of nitrogens with zero attached hydrogens (tertiary/aromatic N) is 2. The van der Waals surface area contributed by atoms with E-state index in [0.29, 0.717) is 12.5 Å². The molecule has 2 N–H and O–H groups in total. The summed E-state index contributed by atoms with van der Waals surface area (Å²) in [6, 6.07) is 10.2. The van der Waals surface area contributed by atoms with Crippen LogP contribution in [0.2, 0.25) is 0 Å². The van der Waals surface area contributed by atoms with Crippen LogP contribution in [0.5, 0.6) is 5.75 Å². The van der Waals surface area contributed by atoms with Crippen molar-refractivity contribution < 1.29 is 9.26 Å². The number of unbranched alkanes of at least 4 members (excludes halogenated alkanes) is 1. The van der Waals surface area contributed by atoms with Crippen molar-refractivity contribution in [3.8, 4) is 5.75 Å². The van der Waals surface area contributed by atoms with E-state index in [0.717, 1.165) is 49.0 Å². The largest absolute Gasteiger partial charge is 0.497 e. The van der Waals surface area contributed by atoms with Gasteiger partial charge in [0.1, 0.15) is 5.75 Å². The quantitative estimate of drug-likeness (QED) is 0.408. The number of aliphatic imine (C=N–C) groups is 1. The normalized spacial score (nSPS) is 11.7. The van der Waals surface area contributed by atoms with Gasteiger partial charge in [0.05, 0.1) is 19.3 Å². The summed E-state index contributed by atoms with van der Waals surface area (Å²) in [6.45, 7) is 5.65. The van der Waals surface area contributed by atoms with Gasteiger partial charge in [0, 0.05) is 19.7 Å². The van der Waals surface area contributed by atoms with Crippen molar-refractivity contribution in [3.05, 3.63) is 47.3 Å². The summed E-state index contributed by atoms with van der Waals surface area (Å²) in [7, 11) is 3.46. The van der Waals surface area contributed by atoms with E-state index in [1.54, 1.807) is 14.2 Å². The summed E-state index contributed by atoms with van der Waals surface area (Å²) in [5.74, 6) is 2.86. The Kier molecular flexibility index (Phi) is 7.99. The molecule has 0 spiro atoms. The lowest BCUT2D eigenvalue weighted by molar-refractivity contribution is 0.372. The van der Waals surface area contributed by atoms with Gasteiger partial charge in [-0.15, -0.1) is 0 Å². The molecule has 26 heavy (non-hydrogen) atoms. The molecule has 0 unspecified atom stereocenters. The molecule has 0 saturated heterocycles. The Morgan fingerprint density at radius 2 is 1.96 bits per heavy atom. The van der Waals surface area contributed by atoms with Gasteiger partial charge in [-0.1, -0.05) is 31.1 Å². The summed E-state index contributed by atoms with van der Waals surface area (Å²) < 4.78 is 10.5. The number of hydrogen-bond donors (Lipinski definition) is 2. The Balaban J connectivity index is 1.63. The third kappa shape index (κ3) is 6.43. The second-order valence-electron chi connectivity index (χ2n) is 6.53. The molecule has 2 aromatic rings. The Bertz CT molecular complexity index is 677. The number of rotatable bonds is 9. The molecule has 0 bridgehead atoms. The lowest BCUT2D eigenvalue weighted by Gasteiger charge is -2.10. The van der Waals surface area contributed by atoms with E-state index < -0.39 is 0 Å². The summed E-state index contributed by atoms with van der Waals surface area (Å²) >= 11 is 0. The highest BCUT2D eigenvalue weighted by Crippen LogP contribution is 2.14. The monoisotopic (exact) mass is 358 g/mol. The van der Waals surface area contributed by atoms with Gasteiger partial charge in [-0.3, -0.25) is 4.99 Å². The zero-order chi connectivity index (χ0) is 18.8. The molecule has 142 valence electrons. The fraction of sp³-hybridized carbons (Fsp3) is 0.500. The minimum absolute atomic E-state index is 0.371. The van der Waals surface area contributed by atoms with Crippen molar-refractivity contribution >= 4 is 5.96 Å². The molecule has 0 aliphatic carbocycles. The maximum atomic E-state index is 5.33. The topological polar surface area (TPSA) is 71.7 Å². The first kappa shape index (κ1) is 19.8. The highest BCUT2D eigenvalue weighted by atomic mass is 16.5. The van der Waals surface area contributed by atoms with E-state index in [1.807, 2.05) is 18.2 Å². The van der Waals surface area contributed by atoms with Crippen molar-refractivity contribution in [2.75, 3.05) is 20.7 Å². The lowest BCUT2D eigenvalue weighted by Crippen LogP contribution is -2.37. The standard InChI is InChI=1S/C20H30N4O2/c1-15(2)19-13-18(26-24-19)14-23-20(21-3)22-12-6-5-7-16-8-10-17(25-4)11-9-16/h8-11,13,15H,5-7,12,14H2,1-4H3,(H2,21,22,23). The van der Waals surface area contributed by atoms with Crippen LogP contribution in [-0.4, -0.2) is 31.8 Å². The third-order valence-corrected chi connectivity index (χ3v) is 4.17. The molecule has 0 aliphatic rings. The number of aromatic nitrogens is 1. The number of hydrogen-bond acceptors (Lipinski definition) is 4. The van der Waals surface area contributed by atoms with Crippen LogP contribution < -0.4 is 15.4 Å². The summed E-state index contributed by atoms with van der Waals surface area (Å²) in [6.07, 6.45) is 3.26. The first-order chi connectivity index (χ1) is 12.6. The van der Waals surface area contributed by atoms with Gasteiger partial charge < -0.3 is 19.9 Å². The lowest BCUT2D eigenvalue weighted by atomic mass is 10.1. The number of benzene rings is 1. The van der Waals surface area contributed by atoms with Crippen LogP contribution in [0, 0.1) is 0 Å². The van der Waals surface area contributed by atoms with E-state index in [2.05, 4.69) is 46.8 Å². The van der Waals surface area contributed by atoms with Crippen molar-refractivity contribution in [1.82, 2.24) is 15.8 Å². The minimum Gasteiger partial charge on any atom is -0.497 e. The zero-order valence-corrected chi connectivity index (χ0v) is 16.2. The average molecular weight is 358 g/mol. The Hall–Kier alpha value is -2.50. The second kappa shape index (κ2) is 10.5. The molecule has 2 rings (SSSR count). The van der Waals surface area contributed by atoms with E-state index in [4.69, 9.17) is 9.26 Å². The van der Waals surface area contributed by atoms with Crippen LogP contribution in [0.1, 0.15) is 49.6 Å². The molecule has 6 heteroatoms. The molecule has 6 nitrogen and oxygen atoms in total. The van der Waals surface area contributed by atoms with Gasteiger partial charge in [0.15, 0.2) is 11.7 Å². The molecular formula is C20H30N4O2. The first-order valence-corrected chi connectivity index (χ1v) is 9.15. The average Bonchev–Trinajstić information content (AvgIpc) is 3.14. The molecule has 0 atom stereocenters. The smallest absolute Gasteiger partial charge is 0.191 e. The maximum absolute atomic E-state index is 5.33. The van der Waals surface area contributed by atoms with Gasteiger partial charge in [-0.2, -0.15) is 0 Å². The number of methoxy groups -OCH3 is 1. The fourth-order valence-corrected chi connectivity index (χ4v) is 2.53. The molecular weight excluding hydrogens is 328 g/mol. The predicted octanol–water partition coefficient (Wildman–Crippen LogP) is 3.49. The van der Waals surface area contributed by atoms with Crippen molar-refractivity contribution in [3.63, 3.8) is 0 Å². The highest BCUT2D eigenvalue weighted by Gasteiger charge is 2.08. The number of ether oxygens (including phenoxy) is 1. The van der Waals surface area contributed by atoms with Crippen LogP contribution in [0.4, 0.5) is 0 Å². The van der Waals surface area contributed by atoms with Crippen LogP contribution in [0.3, 0.4) is 0 Å². The van der Waals surface area contributed by atoms with E-state index >= 15 is 0 Å². The van der Waals surface area contributed by atoms with E-state index in [9.17, 15) is 0 Å². The zero-order valence-electron chi connectivity index (χ0n) is 16.2. The Morgan fingerprint density at radius 1 is 1.19 bits per heavy atom. The molecule has 0 aliphatic heterocycles. The number of aryl methyl sites for hydroxylation is 1. The third-order valence-electron chi connectivity index (χ3n) is 4.17. The Morgan fingerprint density at radius 3 is 2.58 bits per heavy atom. The van der Waals surface area contributed by atoms with Gasteiger partial charge in [0.2, 0.25) is 0 Å². The van der Waals surface area contributed by atoms with Gasteiger partial charge in [0.25, 0.3) is 0 Å². The van der Waals surface area contributed by atoms with E-state index in [-0.39, 0.29) is 0 Å². The number of guanidine groups is 1. The number of nitrogens with one attached hydrogen (secondary N) is 2.